The zero-order chi connectivity index (χ0) is 15.6. The quantitative estimate of drug-likeness (QED) is 0.856. The molecule has 2 nitrogen and oxygen atoms in total. The molecule has 0 unspecified atom stereocenters. The summed E-state index contributed by atoms with van der Waals surface area (Å²) in [6.07, 6.45) is -4.38. The van der Waals surface area contributed by atoms with E-state index < -0.39 is 11.7 Å². The van der Waals surface area contributed by atoms with Gasteiger partial charge in [0, 0.05) is 23.2 Å². The Labute approximate surface area is 126 Å². The van der Waals surface area contributed by atoms with Crippen molar-refractivity contribution in [3.8, 4) is 0 Å². The van der Waals surface area contributed by atoms with Crippen molar-refractivity contribution < 1.29 is 13.2 Å². The summed E-state index contributed by atoms with van der Waals surface area (Å²) < 4.78 is 39.9. The minimum Gasteiger partial charge on any atom is -0.371 e. The Morgan fingerprint density at radius 1 is 1.25 bits per heavy atom. The summed E-state index contributed by atoms with van der Waals surface area (Å²) in [7, 11) is 0. The molecule has 114 valence electrons. The van der Waals surface area contributed by atoms with Crippen LogP contribution in [0.5, 0.6) is 0 Å². The molecule has 0 spiro atoms. The molecule has 0 fully saturated rings. The zero-order valence-corrected chi connectivity index (χ0v) is 13.5. The monoisotopic (exact) mass is 352 g/mol. The number of anilines is 1. The molecular weight excluding hydrogens is 333 g/mol. The van der Waals surface area contributed by atoms with E-state index in [0.29, 0.717) is 24.1 Å². The fourth-order valence-electron chi connectivity index (χ4n) is 1.96. The zero-order valence-electron chi connectivity index (χ0n) is 11.9. The lowest BCUT2D eigenvalue weighted by atomic mass is 9.92. The van der Waals surface area contributed by atoms with Crippen molar-refractivity contribution in [1.82, 2.24) is 0 Å². The van der Waals surface area contributed by atoms with Crippen LogP contribution in [-0.2, 0) is 6.18 Å². The highest BCUT2D eigenvalue weighted by atomic mass is 79.9. The highest BCUT2D eigenvalue weighted by Gasteiger charge is 2.35. The van der Waals surface area contributed by atoms with Crippen molar-refractivity contribution in [2.45, 2.75) is 26.9 Å². The Morgan fingerprint density at radius 2 is 1.85 bits per heavy atom. The largest absolute Gasteiger partial charge is 0.418 e. The van der Waals surface area contributed by atoms with Gasteiger partial charge in [-0.15, -0.1) is 0 Å². The molecule has 0 aromatic heterocycles. The van der Waals surface area contributed by atoms with E-state index in [-0.39, 0.29) is 11.1 Å². The molecule has 0 bridgehead atoms. The van der Waals surface area contributed by atoms with Crippen LogP contribution in [0.2, 0.25) is 0 Å². The summed E-state index contributed by atoms with van der Waals surface area (Å²) in [4.78, 5) is 1.72. The summed E-state index contributed by atoms with van der Waals surface area (Å²) in [6.45, 7) is 7.12. The maximum absolute atomic E-state index is 13.2. The van der Waals surface area contributed by atoms with Crippen LogP contribution in [0.3, 0.4) is 0 Å². The van der Waals surface area contributed by atoms with Crippen LogP contribution >= 0.6 is 15.9 Å². The van der Waals surface area contributed by atoms with Crippen LogP contribution in [0.25, 0.3) is 0 Å². The molecule has 0 saturated carbocycles. The van der Waals surface area contributed by atoms with Gasteiger partial charge in [0.2, 0.25) is 0 Å². The van der Waals surface area contributed by atoms with Gasteiger partial charge in [0.1, 0.15) is 0 Å². The summed E-state index contributed by atoms with van der Waals surface area (Å²) in [6, 6.07) is 4.25. The van der Waals surface area contributed by atoms with Gasteiger partial charge in [0.25, 0.3) is 0 Å². The van der Waals surface area contributed by atoms with Crippen molar-refractivity contribution >= 4 is 21.6 Å². The molecule has 0 aliphatic heterocycles. The van der Waals surface area contributed by atoms with Crippen LogP contribution in [0.4, 0.5) is 18.9 Å². The maximum Gasteiger partial charge on any atom is 0.418 e. The van der Waals surface area contributed by atoms with Gasteiger partial charge in [-0.2, -0.15) is 13.2 Å². The molecule has 0 aliphatic rings. The van der Waals surface area contributed by atoms with Gasteiger partial charge in [0.05, 0.1) is 5.56 Å². The number of alkyl halides is 3. The molecule has 1 rings (SSSR count). The smallest absolute Gasteiger partial charge is 0.371 e. The van der Waals surface area contributed by atoms with Crippen molar-refractivity contribution in [1.29, 1.82) is 0 Å². The molecule has 6 heteroatoms. The van der Waals surface area contributed by atoms with Gasteiger partial charge >= 0.3 is 6.18 Å². The Morgan fingerprint density at radius 3 is 2.30 bits per heavy atom. The van der Waals surface area contributed by atoms with Crippen LogP contribution in [0.15, 0.2) is 22.7 Å². The van der Waals surface area contributed by atoms with Gasteiger partial charge < -0.3 is 10.6 Å². The van der Waals surface area contributed by atoms with E-state index in [1.54, 1.807) is 11.0 Å². The molecule has 0 amide bonds. The molecule has 0 heterocycles. The van der Waals surface area contributed by atoms with Crippen molar-refractivity contribution in [2.75, 3.05) is 24.5 Å². The molecule has 1 aromatic carbocycles. The molecule has 0 aliphatic carbocycles. The predicted molar refractivity (Wildman–Crippen MR) is 79.9 cm³/mol. The first kappa shape index (κ1) is 17.3. The van der Waals surface area contributed by atoms with E-state index >= 15 is 0 Å². The lowest BCUT2D eigenvalue weighted by molar-refractivity contribution is -0.137. The Balaban J connectivity index is 3.22. The second-order valence-corrected chi connectivity index (χ2v) is 6.46. The second kappa shape index (κ2) is 6.35. The number of halogens is 4. The molecule has 0 saturated heterocycles. The lowest BCUT2D eigenvalue weighted by Crippen LogP contribution is -2.39. The fraction of sp³-hybridized carbons (Fsp3) is 0.571. The van der Waals surface area contributed by atoms with Crippen molar-refractivity contribution in [3.63, 3.8) is 0 Å². The first-order chi connectivity index (χ1) is 9.10. The SMILES string of the molecule is CCN(CC(C)(C)CN)c1ccc(Br)cc1C(F)(F)F. The van der Waals surface area contributed by atoms with Gasteiger partial charge in [-0.3, -0.25) is 0 Å². The third-order valence-electron chi connectivity index (χ3n) is 3.16. The van der Waals surface area contributed by atoms with Crippen LogP contribution in [0, 0.1) is 5.41 Å². The number of benzene rings is 1. The van der Waals surface area contributed by atoms with Crippen LogP contribution < -0.4 is 10.6 Å². The molecule has 1 aromatic rings. The minimum absolute atomic E-state index is 0.199. The molecule has 0 radical (unpaired) electrons. The molecule has 20 heavy (non-hydrogen) atoms. The Hall–Kier alpha value is -0.750. The predicted octanol–water partition coefficient (Wildman–Crippen LogP) is 4.28. The summed E-state index contributed by atoms with van der Waals surface area (Å²) in [5.41, 5.74) is 5.01. The van der Waals surface area contributed by atoms with E-state index in [1.807, 2.05) is 20.8 Å². The van der Waals surface area contributed by atoms with E-state index in [9.17, 15) is 13.2 Å². The van der Waals surface area contributed by atoms with E-state index in [0.717, 1.165) is 6.07 Å². The highest BCUT2D eigenvalue weighted by molar-refractivity contribution is 9.10. The first-order valence-electron chi connectivity index (χ1n) is 6.42. The topological polar surface area (TPSA) is 29.3 Å². The maximum atomic E-state index is 13.2. The van der Waals surface area contributed by atoms with Crippen molar-refractivity contribution in [3.05, 3.63) is 28.2 Å². The number of rotatable bonds is 5. The van der Waals surface area contributed by atoms with E-state index in [4.69, 9.17) is 5.73 Å². The molecule has 0 atom stereocenters. The van der Waals surface area contributed by atoms with E-state index in [2.05, 4.69) is 15.9 Å². The standard InChI is InChI=1S/C14H20BrF3N2/c1-4-20(9-13(2,3)8-19)12-6-5-10(15)7-11(12)14(16,17)18/h5-7H,4,8-9,19H2,1-3H3. The van der Waals surface area contributed by atoms with Gasteiger partial charge in [-0.05, 0) is 37.1 Å². The second-order valence-electron chi connectivity index (χ2n) is 5.54. The summed E-state index contributed by atoms with van der Waals surface area (Å²) in [5, 5.41) is 0. The fourth-order valence-corrected chi connectivity index (χ4v) is 2.32. The number of hydrogen-bond acceptors (Lipinski definition) is 2. The minimum atomic E-state index is -4.38. The average molecular weight is 353 g/mol. The number of nitrogens with two attached hydrogens (primary N) is 1. The Kier molecular flexibility index (Phi) is 5.49. The molecular formula is C14H20BrF3N2. The average Bonchev–Trinajstić information content (AvgIpc) is 2.35. The summed E-state index contributed by atoms with van der Waals surface area (Å²) >= 11 is 3.10. The van der Waals surface area contributed by atoms with Gasteiger partial charge in [0.15, 0.2) is 0 Å². The Bertz CT molecular complexity index is 458. The highest BCUT2D eigenvalue weighted by Crippen LogP contribution is 2.39. The summed E-state index contributed by atoms with van der Waals surface area (Å²) in [5.74, 6) is 0. The third-order valence-corrected chi connectivity index (χ3v) is 3.65. The van der Waals surface area contributed by atoms with Gasteiger partial charge in [-0.25, -0.2) is 0 Å². The normalized spacial score (nSPS) is 12.6. The van der Waals surface area contributed by atoms with Crippen molar-refractivity contribution in [2.24, 2.45) is 11.1 Å². The van der Waals surface area contributed by atoms with Crippen LogP contribution in [-0.4, -0.2) is 19.6 Å². The number of nitrogens with zero attached hydrogens (tertiary/aromatic N) is 1. The number of hydrogen-bond donors (Lipinski definition) is 1. The van der Waals surface area contributed by atoms with E-state index in [1.165, 1.54) is 6.07 Å². The molecule has 2 N–H and O–H groups in total. The lowest BCUT2D eigenvalue weighted by Gasteiger charge is -2.34. The third kappa shape index (κ3) is 4.38. The first-order valence-corrected chi connectivity index (χ1v) is 7.22. The van der Waals surface area contributed by atoms with Gasteiger partial charge in [-0.1, -0.05) is 29.8 Å². The van der Waals surface area contributed by atoms with Crippen LogP contribution in [0.1, 0.15) is 26.3 Å².